The number of hydrogen-bond donors (Lipinski definition) is 1. The van der Waals surface area contributed by atoms with Crippen LogP contribution in [-0.2, 0) is 6.54 Å². The first kappa shape index (κ1) is 13.9. The topological polar surface area (TPSA) is 30.5 Å². The van der Waals surface area contributed by atoms with Crippen molar-refractivity contribution in [3.63, 3.8) is 0 Å². The summed E-state index contributed by atoms with van der Waals surface area (Å²) < 4.78 is 25.2. The van der Waals surface area contributed by atoms with E-state index in [1.165, 1.54) is 6.07 Å². The Bertz CT molecular complexity index is 643. The maximum absolute atomic E-state index is 14.1. The van der Waals surface area contributed by atoms with Gasteiger partial charge in [0.1, 0.15) is 19.0 Å². The molecule has 0 atom stereocenters. The van der Waals surface area contributed by atoms with E-state index in [0.717, 1.165) is 24.2 Å². The lowest BCUT2D eigenvalue weighted by molar-refractivity contribution is 0.171. The summed E-state index contributed by atoms with van der Waals surface area (Å²) in [7, 11) is 0. The third-order valence-electron chi connectivity index (χ3n) is 3.46. The predicted molar refractivity (Wildman–Crippen MR) is 80.2 cm³/mol. The second kappa shape index (κ2) is 6.14. The van der Waals surface area contributed by atoms with Crippen LogP contribution in [0.1, 0.15) is 12.5 Å². The minimum atomic E-state index is -0.230. The fourth-order valence-corrected chi connectivity index (χ4v) is 2.38. The molecule has 0 spiro atoms. The molecule has 3 rings (SSSR count). The average Bonchev–Trinajstić information content (AvgIpc) is 2.53. The lowest BCUT2D eigenvalue weighted by atomic mass is 10.0. The van der Waals surface area contributed by atoms with Crippen molar-refractivity contribution in [2.75, 3.05) is 19.8 Å². The van der Waals surface area contributed by atoms with Gasteiger partial charge in [0.25, 0.3) is 0 Å². The fraction of sp³-hybridized carbons (Fsp3) is 0.294. The number of ether oxygens (including phenoxy) is 2. The smallest absolute Gasteiger partial charge is 0.161 e. The monoisotopic (exact) mass is 287 g/mol. The van der Waals surface area contributed by atoms with Crippen LogP contribution in [0.3, 0.4) is 0 Å². The summed E-state index contributed by atoms with van der Waals surface area (Å²) in [4.78, 5) is 0. The number of benzene rings is 2. The van der Waals surface area contributed by atoms with Crippen LogP contribution in [-0.4, -0.2) is 19.8 Å². The molecule has 1 aliphatic heterocycles. The molecule has 0 amide bonds. The lowest BCUT2D eigenvalue weighted by Gasteiger charge is -2.19. The highest BCUT2D eigenvalue weighted by molar-refractivity contribution is 5.68. The van der Waals surface area contributed by atoms with Crippen molar-refractivity contribution >= 4 is 0 Å². The molecule has 3 nitrogen and oxygen atoms in total. The highest BCUT2D eigenvalue weighted by Crippen LogP contribution is 2.35. The molecule has 0 aromatic heterocycles. The average molecular weight is 287 g/mol. The zero-order valence-corrected chi connectivity index (χ0v) is 12.0. The van der Waals surface area contributed by atoms with Gasteiger partial charge in [0.05, 0.1) is 0 Å². The molecule has 21 heavy (non-hydrogen) atoms. The summed E-state index contributed by atoms with van der Waals surface area (Å²) >= 11 is 0. The van der Waals surface area contributed by atoms with Crippen molar-refractivity contribution in [1.82, 2.24) is 5.32 Å². The van der Waals surface area contributed by atoms with E-state index in [-0.39, 0.29) is 5.82 Å². The number of hydrogen-bond acceptors (Lipinski definition) is 3. The van der Waals surface area contributed by atoms with Crippen LogP contribution >= 0.6 is 0 Å². The van der Waals surface area contributed by atoms with Gasteiger partial charge in [0.2, 0.25) is 0 Å². The summed E-state index contributed by atoms with van der Waals surface area (Å²) in [6.45, 7) is 4.74. The van der Waals surface area contributed by atoms with Gasteiger partial charge in [-0.2, -0.15) is 0 Å². The van der Waals surface area contributed by atoms with Crippen molar-refractivity contribution < 1.29 is 13.9 Å². The van der Waals surface area contributed by atoms with Gasteiger partial charge in [0, 0.05) is 12.1 Å². The summed E-state index contributed by atoms with van der Waals surface area (Å²) in [5, 5.41) is 3.25. The zero-order chi connectivity index (χ0) is 14.7. The molecule has 0 aliphatic carbocycles. The van der Waals surface area contributed by atoms with Crippen LogP contribution < -0.4 is 14.8 Å². The van der Waals surface area contributed by atoms with Crippen LogP contribution in [0.2, 0.25) is 0 Å². The highest BCUT2D eigenvalue weighted by Gasteiger charge is 2.14. The molecule has 2 aromatic rings. The van der Waals surface area contributed by atoms with Gasteiger partial charge in [-0.1, -0.05) is 19.1 Å². The van der Waals surface area contributed by atoms with Gasteiger partial charge in [0.15, 0.2) is 11.5 Å². The molecular formula is C17H18FNO2. The van der Waals surface area contributed by atoms with Gasteiger partial charge in [-0.25, -0.2) is 4.39 Å². The van der Waals surface area contributed by atoms with Gasteiger partial charge in [-0.3, -0.25) is 0 Å². The third-order valence-corrected chi connectivity index (χ3v) is 3.46. The maximum atomic E-state index is 14.1. The second-order valence-corrected chi connectivity index (χ2v) is 4.95. The van der Waals surface area contributed by atoms with E-state index in [4.69, 9.17) is 9.47 Å². The molecule has 2 aromatic carbocycles. The molecule has 110 valence electrons. The summed E-state index contributed by atoms with van der Waals surface area (Å²) in [5.74, 6) is 1.16. The Morgan fingerprint density at radius 1 is 1.05 bits per heavy atom. The third kappa shape index (κ3) is 3.00. The molecular weight excluding hydrogens is 269 g/mol. The molecule has 1 N–H and O–H groups in total. The van der Waals surface area contributed by atoms with Crippen molar-refractivity contribution in [3.8, 4) is 22.6 Å². The SMILES string of the molecule is CCNCc1ccc(F)c(-c2ccc3c(c2)OCCO3)c1. The molecule has 1 aliphatic rings. The molecule has 0 saturated carbocycles. The Kier molecular flexibility index (Phi) is 4.06. The molecule has 4 heteroatoms. The second-order valence-electron chi connectivity index (χ2n) is 4.95. The minimum absolute atomic E-state index is 0.230. The summed E-state index contributed by atoms with van der Waals surface area (Å²) in [6, 6.07) is 10.7. The van der Waals surface area contributed by atoms with Crippen LogP contribution in [0.15, 0.2) is 36.4 Å². The standard InChI is InChI=1S/C17H18FNO2/c1-2-19-11-12-3-5-15(18)14(9-12)13-4-6-16-17(10-13)21-8-7-20-16/h3-6,9-10,19H,2,7-8,11H2,1H3. The van der Waals surface area contributed by atoms with Gasteiger partial charge >= 0.3 is 0 Å². The Morgan fingerprint density at radius 3 is 2.67 bits per heavy atom. The highest BCUT2D eigenvalue weighted by atomic mass is 19.1. The normalized spacial score (nSPS) is 13.2. The van der Waals surface area contributed by atoms with E-state index in [0.29, 0.717) is 30.3 Å². The van der Waals surface area contributed by atoms with E-state index >= 15 is 0 Å². The molecule has 1 heterocycles. The molecule has 0 unspecified atom stereocenters. The minimum Gasteiger partial charge on any atom is -0.486 e. The lowest BCUT2D eigenvalue weighted by Crippen LogP contribution is -2.15. The first-order chi connectivity index (χ1) is 10.3. The Balaban J connectivity index is 1.95. The van der Waals surface area contributed by atoms with E-state index in [2.05, 4.69) is 5.32 Å². The zero-order valence-electron chi connectivity index (χ0n) is 12.0. The van der Waals surface area contributed by atoms with Crippen molar-refractivity contribution in [1.29, 1.82) is 0 Å². The van der Waals surface area contributed by atoms with Crippen molar-refractivity contribution in [2.24, 2.45) is 0 Å². The van der Waals surface area contributed by atoms with Gasteiger partial charge in [-0.15, -0.1) is 0 Å². The fourth-order valence-electron chi connectivity index (χ4n) is 2.38. The summed E-state index contributed by atoms with van der Waals surface area (Å²) in [6.07, 6.45) is 0. The first-order valence-corrected chi connectivity index (χ1v) is 7.17. The van der Waals surface area contributed by atoms with Gasteiger partial charge < -0.3 is 14.8 Å². The molecule has 0 fully saturated rings. The first-order valence-electron chi connectivity index (χ1n) is 7.17. The number of rotatable bonds is 4. The maximum Gasteiger partial charge on any atom is 0.161 e. The van der Waals surface area contributed by atoms with E-state index < -0.39 is 0 Å². The van der Waals surface area contributed by atoms with Crippen LogP contribution in [0, 0.1) is 5.82 Å². The van der Waals surface area contributed by atoms with Crippen LogP contribution in [0.4, 0.5) is 4.39 Å². The van der Waals surface area contributed by atoms with Crippen LogP contribution in [0.25, 0.3) is 11.1 Å². The predicted octanol–water partition coefficient (Wildman–Crippen LogP) is 3.37. The molecule has 0 saturated heterocycles. The molecule has 0 bridgehead atoms. The van der Waals surface area contributed by atoms with Gasteiger partial charge in [-0.05, 0) is 41.9 Å². The van der Waals surface area contributed by atoms with Crippen LogP contribution in [0.5, 0.6) is 11.5 Å². The number of nitrogens with one attached hydrogen (secondary N) is 1. The molecule has 0 radical (unpaired) electrons. The quantitative estimate of drug-likeness (QED) is 0.935. The largest absolute Gasteiger partial charge is 0.486 e. The Labute approximate surface area is 123 Å². The van der Waals surface area contributed by atoms with E-state index in [1.54, 1.807) is 6.07 Å². The Morgan fingerprint density at radius 2 is 1.86 bits per heavy atom. The van der Waals surface area contributed by atoms with Crippen molar-refractivity contribution in [2.45, 2.75) is 13.5 Å². The number of fused-ring (bicyclic) bond motifs is 1. The number of halogens is 1. The summed E-state index contributed by atoms with van der Waals surface area (Å²) in [5.41, 5.74) is 2.45. The van der Waals surface area contributed by atoms with Crippen molar-refractivity contribution in [3.05, 3.63) is 47.8 Å². The Hall–Kier alpha value is -2.07. The van der Waals surface area contributed by atoms with E-state index in [1.807, 2.05) is 31.2 Å². The van der Waals surface area contributed by atoms with E-state index in [9.17, 15) is 4.39 Å².